The monoisotopic (exact) mass is 231 g/mol. The first-order valence-electron chi connectivity index (χ1n) is 6.57. The molecule has 1 aromatic rings. The summed E-state index contributed by atoms with van der Waals surface area (Å²) >= 11 is 0. The van der Waals surface area contributed by atoms with Crippen LogP contribution in [0.15, 0.2) is 18.2 Å². The lowest BCUT2D eigenvalue weighted by molar-refractivity contribution is 0.457. The molecule has 1 aliphatic carbocycles. The van der Waals surface area contributed by atoms with Crippen molar-refractivity contribution in [1.29, 1.82) is 0 Å². The molecule has 0 saturated heterocycles. The Balaban J connectivity index is 2.03. The highest BCUT2D eigenvalue weighted by atomic mass is 15.0. The molecule has 1 nitrogen and oxygen atoms in total. The lowest BCUT2D eigenvalue weighted by Gasteiger charge is -2.11. The number of benzene rings is 1. The second-order valence-corrected chi connectivity index (χ2v) is 6.62. The van der Waals surface area contributed by atoms with Gasteiger partial charge in [0.05, 0.1) is 0 Å². The third-order valence-corrected chi connectivity index (χ3v) is 5.23. The van der Waals surface area contributed by atoms with E-state index in [4.69, 9.17) is 0 Å². The van der Waals surface area contributed by atoms with Crippen LogP contribution in [0.5, 0.6) is 0 Å². The maximum Gasteiger partial charge on any atom is 0.0211 e. The van der Waals surface area contributed by atoms with Gasteiger partial charge in [-0.1, -0.05) is 45.9 Å². The molecule has 1 N–H and O–H groups in total. The molecule has 0 radical (unpaired) electrons. The van der Waals surface area contributed by atoms with Crippen LogP contribution in [0, 0.1) is 24.7 Å². The van der Waals surface area contributed by atoms with Gasteiger partial charge in [-0.2, -0.15) is 0 Å². The molecule has 94 valence electrons. The fourth-order valence-electron chi connectivity index (χ4n) is 2.92. The van der Waals surface area contributed by atoms with E-state index in [1.54, 1.807) is 0 Å². The van der Waals surface area contributed by atoms with E-state index in [2.05, 4.69) is 65.1 Å². The molecule has 0 atom stereocenters. The summed E-state index contributed by atoms with van der Waals surface area (Å²) in [7, 11) is 0. The predicted octanol–water partition coefficient (Wildman–Crippen LogP) is 3.83. The van der Waals surface area contributed by atoms with E-state index in [0.29, 0.717) is 16.9 Å². The largest absolute Gasteiger partial charge is 0.309 e. The fraction of sp³-hybridized carbons (Fsp3) is 0.625. The minimum Gasteiger partial charge on any atom is -0.309 e. The summed E-state index contributed by atoms with van der Waals surface area (Å²) in [4.78, 5) is 0. The number of hydrogen-bond acceptors (Lipinski definition) is 1. The Morgan fingerprint density at radius 1 is 1.06 bits per heavy atom. The highest BCUT2D eigenvalue weighted by molar-refractivity contribution is 5.33. The van der Waals surface area contributed by atoms with Crippen LogP contribution < -0.4 is 5.32 Å². The second kappa shape index (κ2) is 3.84. The highest BCUT2D eigenvalue weighted by Crippen LogP contribution is 2.62. The van der Waals surface area contributed by atoms with Gasteiger partial charge in [0.2, 0.25) is 0 Å². The van der Waals surface area contributed by atoms with Crippen molar-refractivity contribution in [2.24, 2.45) is 10.8 Å². The van der Waals surface area contributed by atoms with E-state index in [1.807, 2.05) is 0 Å². The molecule has 0 aromatic heterocycles. The summed E-state index contributed by atoms with van der Waals surface area (Å²) in [5.74, 6) is 0. The standard InChI is InChI=1S/C16H25N/c1-11-8-7-9-13(12(11)2)10-17-14-15(3,4)16(14,5)6/h7-9,14,17H,10H2,1-6H3. The van der Waals surface area contributed by atoms with Gasteiger partial charge in [-0.3, -0.25) is 0 Å². The predicted molar refractivity (Wildman–Crippen MR) is 74.1 cm³/mol. The van der Waals surface area contributed by atoms with Crippen LogP contribution in [0.3, 0.4) is 0 Å². The third-order valence-electron chi connectivity index (χ3n) is 5.23. The third kappa shape index (κ3) is 1.91. The summed E-state index contributed by atoms with van der Waals surface area (Å²) in [6, 6.07) is 7.21. The number of aryl methyl sites for hydroxylation is 1. The fourth-order valence-corrected chi connectivity index (χ4v) is 2.92. The molecule has 1 aromatic carbocycles. The Morgan fingerprint density at radius 2 is 1.65 bits per heavy atom. The van der Waals surface area contributed by atoms with Crippen LogP contribution in [0.2, 0.25) is 0 Å². The molecule has 0 heterocycles. The normalized spacial score (nSPS) is 21.5. The molecule has 2 rings (SSSR count). The van der Waals surface area contributed by atoms with Crippen LogP contribution >= 0.6 is 0 Å². The Hall–Kier alpha value is -0.820. The van der Waals surface area contributed by atoms with Gasteiger partial charge in [-0.25, -0.2) is 0 Å². The smallest absolute Gasteiger partial charge is 0.0211 e. The van der Waals surface area contributed by atoms with Crippen molar-refractivity contribution in [3.05, 3.63) is 34.9 Å². The molecule has 0 aliphatic heterocycles. The molecule has 0 unspecified atom stereocenters. The SMILES string of the molecule is Cc1cccc(CNC2C(C)(C)C2(C)C)c1C. The second-order valence-electron chi connectivity index (χ2n) is 6.62. The Morgan fingerprint density at radius 3 is 2.18 bits per heavy atom. The van der Waals surface area contributed by atoms with E-state index >= 15 is 0 Å². The van der Waals surface area contributed by atoms with Gasteiger partial charge < -0.3 is 5.32 Å². The van der Waals surface area contributed by atoms with Crippen LogP contribution in [-0.4, -0.2) is 6.04 Å². The first-order valence-corrected chi connectivity index (χ1v) is 6.57. The summed E-state index contributed by atoms with van der Waals surface area (Å²) in [6.45, 7) is 14.8. The molecular formula is C16H25N. The van der Waals surface area contributed by atoms with E-state index in [1.165, 1.54) is 16.7 Å². The van der Waals surface area contributed by atoms with Crippen LogP contribution in [0.25, 0.3) is 0 Å². The minimum absolute atomic E-state index is 0.421. The molecule has 1 saturated carbocycles. The zero-order valence-electron chi connectivity index (χ0n) is 12.0. The Bertz CT molecular complexity index is 415. The van der Waals surface area contributed by atoms with Gasteiger partial charge >= 0.3 is 0 Å². The topological polar surface area (TPSA) is 12.0 Å². The van der Waals surface area contributed by atoms with Crippen molar-refractivity contribution in [3.8, 4) is 0 Å². The molecule has 1 aliphatic rings. The molecule has 0 spiro atoms. The van der Waals surface area contributed by atoms with Gasteiger partial charge in [0, 0.05) is 12.6 Å². The average Bonchev–Trinajstić information content (AvgIpc) is 2.61. The van der Waals surface area contributed by atoms with E-state index in [9.17, 15) is 0 Å². The van der Waals surface area contributed by atoms with Gasteiger partial charge in [-0.05, 0) is 41.4 Å². The van der Waals surface area contributed by atoms with E-state index in [0.717, 1.165) is 6.54 Å². The molecule has 17 heavy (non-hydrogen) atoms. The lowest BCUT2D eigenvalue weighted by Crippen LogP contribution is -2.22. The Labute approximate surface area is 106 Å². The summed E-state index contributed by atoms with van der Waals surface area (Å²) in [5.41, 5.74) is 5.09. The number of nitrogens with one attached hydrogen (secondary N) is 1. The van der Waals surface area contributed by atoms with Crippen molar-refractivity contribution in [2.45, 2.75) is 54.1 Å². The van der Waals surface area contributed by atoms with Crippen LogP contribution in [0.4, 0.5) is 0 Å². The van der Waals surface area contributed by atoms with Gasteiger partial charge in [0.15, 0.2) is 0 Å². The molecule has 1 heteroatoms. The number of rotatable bonds is 3. The highest BCUT2D eigenvalue weighted by Gasteiger charge is 2.64. The summed E-state index contributed by atoms with van der Waals surface area (Å²) in [6.07, 6.45) is 0. The van der Waals surface area contributed by atoms with Crippen molar-refractivity contribution < 1.29 is 0 Å². The summed E-state index contributed by atoms with van der Waals surface area (Å²) < 4.78 is 0. The van der Waals surface area contributed by atoms with Crippen LogP contribution in [0.1, 0.15) is 44.4 Å². The average molecular weight is 231 g/mol. The van der Waals surface area contributed by atoms with Crippen molar-refractivity contribution in [1.82, 2.24) is 5.32 Å². The van der Waals surface area contributed by atoms with Crippen LogP contribution in [-0.2, 0) is 6.54 Å². The lowest BCUT2D eigenvalue weighted by atomic mass is 10.0. The maximum absolute atomic E-state index is 3.72. The zero-order chi connectivity index (χ0) is 12.8. The van der Waals surface area contributed by atoms with E-state index < -0.39 is 0 Å². The van der Waals surface area contributed by atoms with Gasteiger partial charge in [-0.15, -0.1) is 0 Å². The van der Waals surface area contributed by atoms with Crippen molar-refractivity contribution in [2.75, 3.05) is 0 Å². The summed E-state index contributed by atoms with van der Waals surface area (Å²) in [5, 5.41) is 3.72. The Kier molecular flexibility index (Phi) is 2.86. The molecule has 0 amide bonds. The van der Waals surface area contributed by atoms with Crippen molar-refractivity contribution in [3.63, 3.8) is 0 Å². The number of hydrogen-bond donors (Lipinski definition) is 1. The van der Waals surface area contributed by atoms with Crippen molar-refractivity contribution >= 4 is 0 Å². The van der Waals surface area contributed by atoms with Gasteiger partial charge in [0.25, 0.3) is 0 Å². The molecule has 0 bridgehead atoms. The first-order chi connectivity index (χ1) is 7.78. The first kappa shape index (κ1) is 12.6. The molecule has 1 fully saturated rings. The minimum atomic E-state index is 0.421. The zero-order valence-corrected chi connectivity index (χ0v) is 12.0. The van der Waals surface area contributed by atoms with E-state index in [-0.39, 0.29) is 0 Å². The molecular weight excluding hydrogens is 206 g/mol. The maximum atomic E-state index is 3.72. The quantitative estimate of drug-likeness (QED) is 0.833. The van der Waals surface area contributed by atoms with Gasteiger partial charge in [0.1, 0.15) is 0 Å².